The van der Waals surface area contributed by atoms with Crippen LogP contribution in [0.15, 0.2) is 18.2 Å². The molecule has 2 rings (SSSR count). The molecule has 0 amide bonds. The number of carboxylic acid groups (broad SMARTS) is 1. The molecule has 5 nitrogen and oxygen atoms in total. The fourth-order valence-electron chi connectivity index (χ4n) is 1.82. The van der Waals surface area contributed by atoms with Gasteiger partial charge in [0.05, 0.1) is 12.8 Å². The molecule has 1 aromatic carbocycles. The number of aromatic hydroxyl groups is 1. The standard InChI is InChI=1S/C11H10O5/c12-7-1-2-8-6(3-10(13)14)4-11(15)16-9(8)5-7/h1-2,5-6,12H,3-4H2,(H,13,14). The van der Waals surface area contributed by atoms with E-state index in [0.29, 0.717) is 5.56 Å². The average Bonchev–Trinajstić information content (AvgIpc) is 2.15. The summed E-state index contributed by atoms with van der Waals surface area (Å²) in [7, 11) is 0. The highest BCUT2D eigenvalue weighted by molar-refractivity contribution is 5.79. The SMILES string of the molecule is O=C(O)CC1CC(=O)Oc2cc(O)ccc21. The lowest BCUT2D eigenvalue weighted by Gasteiger charge is -2.23. The summed E-state index contributed by atoms with van der Waals surface area (Å²) in [4.78, 5) is 21.9. The maximum absolute atomic E-state index is 11.2. The van der Waals surface area contributed by atoms with Gasteiger partial charge in [0.15, 0.2) is 0 Å². The molecule has 1 aromatic rings. The van der Waals surface area contributed by atoms with Gasteiger partial charge < -0.3 is 14.9 Å². The Kier molecular flexibility index (Phi) is 2.52. The van der Waals surface area contributed by atoms with Crippen molar-refractivity contribution < 1.29 is 24.5 Å². The number of carbonyl (C=O) groups is 2. The smallest absolute Gasteiger partial charge is 0.311 e. The van der Waals surface area contributed by atoms with Crippen molar-refractivity contribution in [1.82, 2.24) is 0 Å². The normalized spacial score (nSPS) is 18.8. The lowest BCUT2D eigenvalue weighted by atomic mass is 9.90. The summed E-state index contributed by atoms with van der Waals surface area (Å²) >= 11 is 0. The molecule has 0 bridgehead atoms. The van der Waals surface area contributed by atoms with Crippen molar-refractivity contribution in [2.45, 2.75) is 18.8 Å². The van der Waals surface area contributed by atoms with Gasteiger partial charge in [-0.25, -0.2) is 0 Å². The average molecular weight is 222 g/mol. The molecule has 1 atom stereocenters. The first kappa shape index (κ1) is 10.5. The Bertz CT molecular complexity index is 452. The van der Waals surface area contributed by atoms with E-state index in [1.165, 1.54) is 12.1 Å². The third-order valence-corrected chi connectivity index (χ3v) is 2.49. The maximum Gasteiger partial charge on any atom is 0.311 e. The van der Waals surface area contributed by atoms with E-state index in [1.54, 1.807) is 6.07 Å². The number of aliphatic carboxylic acids is 1. The molecule has 5 heteroatoms. The van der Waals surface area contributed by atoms with Gasteiger partial charge in [-0.2, -0.15) is 0 Å². The van der Waals surface area contributed by atoms with Gasteiger partial charge in [-0.1, -0.05) is 6.07 Å². The Hall–Kier alpha value is -2.04. The summed E-state index contributed by atoms with van der Waals surface area (Å²) in [5, 5.41) is 18.0. The summed E-state index contributed by atoms with van der Waals surface area (Å²) in [5.41, 5.74) is 0.653. The molecular weight excluding hydrogens is 212 g/mol. The van der Waals surface area contributed by atoms with Crippen LogP contribution in [-0.4, -0.2) is 22.2 Å². The Morgan fingerprint density at radius 3 is 2.94 bits per heavy atom. The van der Waals surface area contributed by atoms with Gasteiger partial charge in [0.2, 0.25) is 0 Å². The van der Waals surface area contributed by atoms with Crippen LogP contribution >= 0.6 is 0 Å². The van der Waals surface area contributed by atoms with Crippen LogP contribution in [-0.2, 0) is 9.59 Å². The summed E-state index contributed by atoms with van der Waals surface area (Å²) in [6, 6.07) is 4.36. The molecule has 16 heavy (non-hydrogen) atoms. The van der Waals surface area contributed by atoms with E-state index in [1.807, 2.05) is 0 Å². The minimum Gasteiger partial charge on any atom is -0.508 e. The second kappa shape index (κ2) is 3.84. The first-order valence-corrected chi connectivity index (χ1v) is 4.81. The van der Waals surface area contributed by atoms with Gasteiger partial charge in [-0.05, 0) is 11.6 Å². The van der Waals surface area contributed by atoms with Gasteiger partial charge in [0, 0.05) is 12.0 Å². The number of phenolic OH excluding ortho intramolecular Hbond substituents is 1. The van der Waals surface area contributed by atoms with Crippen molar-refractivity contribution in [1.29, 1.82) is 0 Å². The van der Waals surface area contributed by atoms with Gasteiger partial charge in [-0.3, -0.25) is 9.59 Å². The Morgan fingerprint density at radius 2 is 2.25 bits per heavy atom. The van der Waals surface area contributed by atoms with Crippen LogP contribution in [0.4, 0.5) is 0 Å². The van der Waals surface area contributed by atoms with Crippen LogP contribution in [0, 0.1) is 0 Å². The molecular formula is C11H10O5. The van der Waals surface area contributed by atoms with E-state index in [0.717, 1.165) is 0 Å². The van der Waals surface area contributed by atoms with E-state index in [9.17, 15) is 14.7 Å². The molecule has 0 spiro atoms. The van der Waals surface area contributed by atoms with E-state index in [-0.39, 0.29) is 30.3 Å². The third-order valence-electron chi connectivity index (χ3n) is 2.49. The van der Waals surface area contributed by atoms with Crippen LogP contribution < -0.4 is 4.74 Å². The first-order valence-electron chi connectivity index (χ1n) is 4.81. The molecule has 0 aromatic heterocycles. The zero-order chi connectivity index (χ0) is 11.7. The topological polar surface area (TPSA) is 83.8 Å². The summed E-state index contributed by atoms with van der Waals surface area (Å²) in [6.07, 6.45) is -0.0586. The Morgan fingerprint density at radius 1 is 1.50 bits per heavy atom. The maximum atomic E-state index is 11.2. The predicted octanol–water partition coefficient (Wildman–Crippen LogP) is 1.26. The summed E-state index contributed by atoms with van der Waals surface area (Å²) in [5.74, 6) is -1.57. The number of carbonyl (C=O) groups excluding carboxylic acids is 1. The number of rotatable bonds is 2. The van der Waals surface area contributed by atoms with Crippen molar-refractivity contribution in [3.63, 3.8) is 0 Å². The predicted molar refractivity (Wildman–Crippen MR) is 53.4 cm³/mol. The minimum atomic E-state index is -0.960. The quantitative estimate of drug-likeness (QED) is 0.581. The lowest BCUT2D eigenvalue weighted by molar-refractivity contribution is -0.139. The van der Waals surface area contributed by atoms with Crippen molar-refractivity contribution in [3.8, 4) is 11.5 Å². The second-order valence-corrected chi connectivity index (χ2v) is 3.70. The zero-order valence-electron chi connectivity index (χ0n) is 8.34. The lowest BCUT2D eigenvalue weighted by Crippen LogP contribution is -2.21. The molecule has 0 aliphatic carbocycles. The largest absolute Gasteiger partial charge is 0.508 e. The molecule has 1 heterocycles. The van der Waals surface area contributed by atoms with Crippen molar-refractivity contribution in [3.05, 3.63) is 23.8 Å². The molecule has 0 saturated heterocycles. The van der Waals surface area contributed by atoms with Crippen LogP contribution in [0.25, 0.3) is 0 Å². The molecule has 1 aliphatic heterocycles. The van der Waals surface area contributed by atoms with E-state index >= 15 is 0 Å². The molecule has 84 valence electrons. The second-order valence-electron chi connectivity index (χ2n) is 3.70. The number of fused-ring (bicyclic) bond motifs is 1. The Balaban J connectivity index is 2.37. The first-order chi connectivity index (χ1) is 7.56. The van der Waals surface area contributed by atoms with Gasteiger partial charge in [0.1, 0.15) is 11.5 Å². The van der Waals surface area contributed by atoms with Crippen molar-refractivity contribution in [2.75, 3.05) is 0 Å². The number of carboxylic acids is 1. The molecule has 0 saturated carbocycles. The van der Waals surface area contributed by atoms with Gasteiger partial charge in [0.25, 0.3) is 0 Å². The fraction of sp³-hybridized carbons (Fsp3) is 0.273. The van der Waals surface area contributed by atoms with Gasteiger partial charge in [-0.15, -0.1) is 0 Å². The van der Waals surface area contributed by atoms with Crippen LogP contribution in [0.5, 0.6) is 11.5 Å². The van der Waals surface area contributed by atoms with Crippen LogP contribution in [0.1, 0.15) is 24.3 Å². The highest BCUT2D eigenvalue weighted by atomic mass is 16.5. The third kappa shape index (κ3) is 1.98. The van der Waals surface area contributed by atoms with Crippen molar-refractivity contribution in [2.24, 2.45) is 0 Å². The zero-order valence-corrected chi connectivity index (χ0v) is 8.34. The monoisotopic (exact) mass is 222 g/mol. The molecule has 1 aliphatic rings. The number of esters is 1. The number of ether oxygens (including phenoxy) is 1. The van der Waals surface area contributed by atoms with E-state index in [4.69, 9.17) is 9.84 Å². The van der Waals surface area contributed by atoms with E-state index in [2.05, 4.69) is 0 Å². The highest BCUT2D eigenvalue weighted by Gasteiger charge is 2.28. The highest BCUT2D eigenvalue weighted by Crippen LogP contribution is 2.38. The summed E-state index contributed by atoms with van der Waals surface area (Å²) in [6.45, 7) is 0. The molecule has 0 radical (unpaired) electrons. The Labute approximate surface area is 91.3 Å². The fourth-order valence-corrected chi connectivity index (χ4v) is 1.82. The number of benzene rings is 1. The molecule has 1 unspecified atom stereocenters. The minimum absolute atomic E-state index is 0.0116. The van der Waals surface area contributed by atoms with Crippen LogP contribution in [0.3, 0.4) is 0 Å². The van der Waals surface area contributed by atoms with Crippen LogP contribution in [0.2, 0.25) is 0 Å². The van der Waals surface area contributed by atoms with Gasteiger partial charge >= 0.3 is 11.9 Å². The number of hydrogen-bond donors (Lipinski definition) is 2. The van der Waals surface area contributed by atoms with E-state index < -0.39 is 11.9 Å². The number of hydrogen-bond acceptors (Lipinski definition) is 4. The van der Waals surface area contributed by atoms with Crippen molar-refractivity contribution >= 4 is 11.9 Å². The molecule has 0 fully saturated rings. The molecule has 2 N–H and O–H groups in total. The number of phenols is 1. The summed E-state index contributed by atoms with van der Waals surface area (Å²) < 4.78 is 4.93.